The van der Waals surface area contributed by atoms with Gasteiger partial charge in [-0.3, -0.25) is 19.3 Å². The highest BCUT2D eigenvalue weighted by Gasteiger charge is 2.53. The highest BCUT2D eigenvalue weighted by Crippen LogP contribution is 2.45. The van der Waals surface area contributed by atoms with Crippen molar-refractivity contribution in [3.05, 3.63) is 29.8 Å². The smallest absolute Gasteiger partial charge is 0.325 e. The molecule has 0 aromatic heterocycles. The number of urea groups is 1. The number of aromatic hydroxyl groups is 1. The Kier molecular flexibility index (Phi) is 7.84. The van der Waals surface area contributed by atoms with E-state index in [9.17, 15) is 24.3 Å². The first kappa shape index (κ1) is 25.5. The van der Waals surface area contributed by atoms with E-state index in [1.165, 1.54) is 12.1 Å². The van der Waals surface area contributed by atoms with Crippen LogP contribution in [0.5, 0.6) is 5.75 Å². The molecule has 3 rings (SSSR count). The number of nitrogens with zero attached hydrogens (tertiary/aromatic N) is 1. The summed E-state index contributed by atoms with van der Waals surface area (Å²) in [6, 6.07) is 5.53. The SMILES string of the molecule is CCC(C)(C)C1CCC2(CC1)NC(=O)N(CC(=O)NCCCNC(=O)c1cccc(O)c1)C2=O. The summed E-state index contributed by atoms with van der Waals surface area (Å²) < 4.78 is 0. The maximum atomic E-state index is 13.1. The van der Waals surface area contributed by atoms with E-state index in [2.05, 4.69) is 36.7 Å². The summed E-state index contributed by atoms with van der Waals surface area (Å²) in [4.78, 5) is 50.9. The predicted octanol–water partition coefficient (Wildman–Crippen LogP) is 2.55. The number of imide groups is 1. The zero-order valence-electron chi connectivity index (χ0n) is 20.3. The van der Waals surface area contributed by atoms with Gasteiger partial charge >= 0.3 is 6.03 Å². The van der Waals surface area contributed by atoms with Crippen LogP contribution in [-0.2, 0) is 9.59 Å². The van der Waals surface area contributed by atoms with Gasteiger partial charge in [0, 0.05) is 18.7 Å². The second kappa shape index (κ2) is 10.4. The van der Waals surface area contributed by atoms with E-state index in [1.54, 1.807) is 12.1 Å². The van der Waals surface area contributed by atoms with E-state index in [0.717, 1.165) is 24.2 Å². The van der Waals surface area contributed by atoms with Crippen molar-refractivity contribution in [1.82, 2.24) is 20.9 Å². The number of carbonyl (C=O) groups excluding carboxylic acids is 4. The van der Waals surface area contributed by atoms with E-state index in [-0.39, 0.29) is 29.5 Å². The Morgan fingerprint density at radius 2 is 1.85 bits per heavy atom. The number of hydrogen-bond acceptors (Lipinski definition) is 5. The van der Waals surface area contributed by atoms with Gasteiger partial charge in [-0.15, -0.1) is 0 Å². The second-order valence-electron chi connectivity index (χ2n) is 10.0. The van der Waals surface area contributed by atoms with Crippen LogP contribution in [0.3, 0.4) is 0 Å². The fraction of sp³-hybridized carbons (Fsp3) is 0.600. The van der Waals surface area contributed by atoms with Crippen molar-refractivity contribution in [3.63, 3.8) is 0 Å². The molecule has 186 valence electrons. The molecule has 2 aliphatic rings. The summed E-state index contributed by atoms with van der Waals surface area (Å²) in [6.07, 6.45) is 4.50. The minimum absolute atomic E-state index is 0.0139. The molecule has 0 atom stereocenters. The Bertz CT molecular complexity index is 937. The molecule has 9 nitrogen and oxygen atoms in total. The predicted molar refractivity (Wildman–Crippen MR) is 127 cm³/mol. The topological polar surface area (TPSA) is 128 Å². The van der Waals surface area contributed by atoms with Crippen LogP contribution in [0.1, 0.15) is 69.7 Å². The Balaban J connectivity index is 1.41. The molecule has 0 bridgehead atoms. The third-order valence-corrected chi connectivity index (χ3v) is 7.47. The molecule has 9 heteroatoms. The van der Waals surface area contributed by atoms with Crippen molar-refractivity contribution in [2.75, 3.05) is 19.6 Å². The molecule has 1 aromatic rings. The molecular weight excluding hydrogens is 436 g/mol. The van der Waals surface area contributed by atoms with Crippen molar-refractivity contribution in [2.45, 2.75) is 64.8 Å². The lowest BCUT2D eigenvalue weighted by molar-refractivity contribution is -0.136. The van der Waals surface area contributed by atoms with Crippen molar-refractivity contribution in [1.29, 1.82) is 0 Å². The zero-order valence-corrected chi connectivity index (χ0v) is 20.3. The number of phenolic OH excluding ortho intramolecular Hbond substituents is 1. The standard InChI is InChI=1S/C25H36N4O5/c1-4-24(2,3)18-9-11-25(12-10-18)22(33)29(23(34)28-25)16-20(31)26-13-6-14-27-21(32)17-7-5-8-19(30)15-17/h5,7-8,15,18,30H,4,6,9-14,16H2,1-3H3,(H,26,31)(H,27,32)(H,28,34). The van der Waals surface area contributed by atoms with Gasteiger partial charge in [-0.25, -0.2) is 4.79 Å². The molecule has 0 unspecified atom stereocenters. The van der Waals surface area contributed by atoms with E-state index in [4.69, 9.17) is 0 Å². The van der Waals surface area contributed by atoms with Gasteiger partial charge in [-0.2, -0.15) is 0 Å². The van der Waals surface area contributed by atoms with Gasteiger partial charge in [0.25, 0.3) is 11.8 Å². The van der Waals surface area contributed by atoms with Crippen molar-refractivity contribution >= 4 is 23.8 Å². The number of amides is 5. The molecule has 0 radical (unpaired) electrons. The average Bonchev–Trinajstić information content (AvgIpc) is 3.02. The van der Waals surface area contributed by atoms with Crippen molar-refractivity contribution < 1.29 is 24.3 Å². The highest BCUT2D eigenvalue weighted by atomic mass is 16.3. The van der Waals surface area contributed by atoms with Gasteiger partial charge in [0.2, 0.25) is 5.91 Å². The van der Waals surface area contributed by atoms with Gasteiger partial charge in [0.1, 0.15) is 17.8 Å². The minimum Gasteiger partial charge on any atom is -0.508 e. The number of nitrogens with one attached hydrogen (secondary N) is 3. The monoisotopic (exact) mass is 472 g/mol. The molecule has 1 spiro atoms. The van der Waals surface area contributed by atoms with Crippen LogP contribution in [0.25, 0.3) is 0 Å². The zero-order chi connectivity index (χ0) is 24.9. The fourth-order valence-corrected chi connectivity index (χ4v) is 4.81. The Morgan fingerprint density at radius 3 is 2.50 bits per heavy atom. The molecule has 1 aromatic carbocycles. The van der Waals surface area contributed by atoms with Gasteiger partial charge < -0.3 is 21.1 Å². The molecule has 2 fully saturated rings. The molecule has 1 saturated carbocycles. The van der Waals surface area contributed by atoms with Gasteiger partial charge in [0.15, 0.2) is 0 Å². The normalized spacial score (nSPS) is 22.6. The summed E-state index contributed by atoms with van der Waals surface area (Å²) >= 11 is 0. The van der Waals surface area contributed by atoms with E-state index in [1.807, 2.05) is 0 Å². The molecule has 1 aliphatic carbocycles. The van der Waals surface area contributed by atoms with E-state index >= 15 is 0 Å². The van der Waals surface area contributed by atoms with Crippen LogP contribution < -0.4 is 16.0 Å². The Labute approximate surface area is 200 Å². The maximum Gasteiger partial charge on any atom is 0.325 e. The Morgan fingerprint density at radius 1 is 1.18 bits per heavy atom. The first-order valence-corrected chi connectivity index (χ1v) is 12.1. The first-order chi connectivity index (χ1) is 16.1. The molecule has 1 aliphatic heterocycles. The molecule has 1 saturated heterocycles. The summed E-state index contributed by atoms with van der Waals surface area (Å²) in [5, 5.41) is 17.7. The number of benzene rings is 1. The fourth-order valence-electron chi connectivity index (χ4n) is 4.81. The summed E-state index contributed by atoms with van der Waals surface area (Å²) in [5.74, 6) is -0.512. The van der Waals surface area contributed by atoms with Gasteiger partial charge in [0.05, 0.1) is 0 Å². The highest BCUT2D eigenvalue weighted by molar-refractivity contribution is 6.09. The number of carbonyl (C=O) groups is 4. The first-order valence-electron chi connectivity index (χ1n) is 12.1. The molecular formula is C25H36N4O5. The quantitative estimate of drug-likeness (QED) is 0.324. The average molecular weight is 473 g/mol. The molecule has 5 amide bonds. The maximum absolute atomic E-state index is 13.1. The third-order valence-electron chi connectivity index (χ3n) is 7.47. The molecule has 34 heavy (non-hydrogen) atoms. The molecule has 1 heterocycles. The lowest BCUT2D eigenvalue weighted by atomic mass is 9.65. The Hall–Kier alpha value is -3.10. The van der Waals surface area contributed by atoms with Gasteiger partial charge in [-0.05, 0) is 61.6 Å². The van der Waals surface area contributed by atoms with Gasteiger partial charge in [-0.1, -0.05) is 33.3 Å². The number of rotatable bonds is 9. The van der Waals surface area contributed by atoms with E-state index < -0.39 is 17.5 Å². The largest absolute Gasteiger partial charge is 0.508 e. The van der Waals surface area contributed by atoms with Crippen LogP contribution >= 0.6 is 0 Å². The summed E-state index contributed by atoms with van der Waals surface area (Å²) in [7, 11) is 0. The van der Waals surface area contributed by atoms with Crippen LogP contribution in [0, 0.1) is 11.3 Å². The van der Waals surface area contributed by atoms with Crippen LogP contribution in [0.4, 0.5) is 4.79 Å². The summed E-state index contributed by atoms with van der Waals surface area (Å²) in [6.45, 7) is 6.98. The number of phenols is 1. The van der Waals surface area contributed by atoms with Crippen molar-refractivity contribution in [3.8, 4) is 5.75 Å². The third kappa shape index (κ3) is 5.69. The minimum atomic E-state index is -0.881. The van der Waals surface area contributed by atoms with E-state index in [0.29, 0.717) is 43.8 Å². The molecule has 4 N–H and O–H groups in total. The lowest BCUT2D eigenvalue weighted by Gasteiger charge is -2.42. The van der Waals surface area contributed by atoms with Crippen LogP contribution in [0.2, 0.25) is 0 Å². The van der Waals surface area contributed by atoms with Crippen LogP contribution in [-0.4, -0.2) is 58.9 Å². The summed E-state index contributed by atoms with van der Waals surface area (Å²) in [5.41, 5.74) is -0.327. The van der Waals surface area contributed by atoms with Crippen LogP contribution in [0.15, 0.2) is 24.3 Å². The lowest BCUT2D eigenvalue weighted by Crippen LogP contribution is -2.51. The second-order valence-corrected chi connectivity index (χ2v) is 10.0. The number of hydrogen-bond donors (Lipinski definition) is 4. The van der Waals surface area contributed by atoms with Crippen molar-refractivity contribution in [2.24, 2.45) is 11.3 Å².